The van der Waals surface area contributed by atoms with Crippen molar-refractivity contribution in [2.24, 2.45) is 0 Å². The lowest BCUT2D eigenvalue weighted by Crippen LogP contribution is -2.49. The van der Waals surface area contributed by atoms with Crippen molar-refractivity contribution in [2.75, 3.05) is 5.75 Å². The van der Waals surface area contributed by atoms with Crippen LogP contribution < -0.4 is 5.32 Å². The van der Waals surface area contributed by atoms with Crippen LogP contribution in [0, 0.1) is 0 Å². The van der Waals surface area contributed by atoms with Crippen LogP contribution in [0.4, 0.5) is 0 Å². The van der Waals surface area contributed by atoms with Gasteiger partial charge in [0.2, 0.25) is 0 Å². The molecule has 136 valence electrons. The molecule has 2 rings (SSSR count). The van der Waals surface area contributed by atoms with Gasteiger partial charge in [0.15, 0.2) is 9.84 Å². The van der Waals surface area contributed by atoms with Gasteiger partial charge in [0.25, 0.3) is 10.1 Å². The number of hydrogen-bond donors (Lipinski definition) is 2. The molecule has 1 aromatic carbocycles. The monoisotopic (exact) mass is 375 g/mol. The Bertz CT molecular complexity index is 817. The molecule has 0 unspecified atom stereocenters. The van der Waals surface area contributed by atoms with Gasteiger partial charge in [-0.15, -0.1) is 0 Å². The minimum atomic E-state index is -4.45. The van der Waals surface area contributed by atoms with Gasteiger partial charge in [-0.3, -0.25) is 4.55 Å². The average Bonchev–Trinajstić information content (AvgIpc) is 2.58. The number of nitrogens with one attached hydrogen (secondary N) is 1. The van der Waals surface area contributed by atoms with E-state index in [-0.39, 0.29) is 16.7 Å². The molecule has 0 saturated carbocycles. The summed E-state index contributed by atoms with van der Waals surface area (Å²) >= 11 is 0. The molecule has 1 aromatic rings. The molecular formula is C16H25NO5S2. The first-order valence-electron chi connectivity index (χ1n) is 8.16. The highest BCUT2D eigenvalue weighted by Gasteiger charge is 2.40. The summed E-state index contributed by atoms with van der Waals surface area (Å²) in [5.41, 5.74) is 0.000140. The molecule has 0 amide bonds. The Hall–Kier alpha value is -0.960. The minimum absolute atomic E-state index is 0.00977. The molecule has 6 nitrogen and oxygen atoms in total. The molecule has 24 heavy (non-hydrogen) atoms. The number of rotatable bonds is 5. The first-order chi connectivity index (χ1) is 11.0. The smallest absolute Gasteiger partial charge is 0.294 e. The zero-order chi connectivity index (χ0) is 18.2. The summed E-state index contributed by atoms with van der Waals surface area (Å²) in [6.07, 6.45) is 3.28. The Morgan fingerprint density at radius 2 is 2.00 bits per heavy atom. The minimum Gasteiger partial charge on any atom is -0.304 e. The zero-order valence-corrected chi connectivity index (χ0v) is 15.9. The number of sulfone groups is 1. The molecule has 0 aliphatic carbocycles. The highest BCUT2D eigenvalue weighted by Crippen LogP contribution is 2.36. The van der Waals surface area contributed by atoms with E-state index in [4.69, 9.17) is 0 Å². The number of hydrogen-bond acceptors (Lipinski definition) is 5. The van der Waals surface area contributed by atoms with Gasteiger partial charge in [-0.2, -0.15) is 8.42 Å². The van der Waals surface area contributed by atoms with E-state index in [1.165, 1.54) is 12.1 Å². The van der Waals surface area contributed by atoms with Gasteiger partial charge in [0.1, 0.15) is 0 Å². The highest BCUT2D eigenvalue weighted by atomic mass is 32.2. The van der Waals surface area contributed by atoms with Crippen LogP contribution in [-0.4, -0.2) is 32.7 Å². The summed E-state index contributed by atoms with van der Waals surface area (Å²) in [4.78, 5) is -0.404. The zero-order valence-electron chi connectivity index (χ0n) is 14.2. The maximum absolute atomic E-state index is 12.9. The number of benzene rings is 1. The van der Waals surface area contributed by atoms with Gasteiger partial charge in [-0.25, -0.2) is 8.42 Å². The van der Waals surface area contributed by atoms with Crippen molar-refractivity contribution in [1.82, 2.24) is 5.32 Å². The van der Waals surface area contributed by atoms with E-state index < -0.39 is 30.4 Å². The molecule has 0 aromatic heterocycles. The Balaban J connectivity index is 2.60. The molecule has 1 aliphatic heterocycles. The van der Waals surface area contributed by atoms with Gasteiger partial charge in [-0.1, -0.05) is 32.8 Å². The van der Waals surface area contributed by atoms with E-state index in [1.54, 1.807) is 0 Å². The van der Waals surface area contributed by atoms with Crippen molar-refractivity contribution < 1.29 is 21.4 Å². The summed E-state index contributed by atoms with van der Waals surface area (Å²) in [5, 5.41) is 3.46. The van der Waals surface area contributed by atoms with Crippen molar-refractivity contribution in [1.29, 1.82) is 0 Å². The van der Waals surface area contributed by atoms with Gasteiger partial charge < -0.3 is 5.32 Å². The van der Waals surface area contributed by atoms with Crippen LogP contribution >= 0.6 is 0 Å². The van der Waals surface area contributed by atoms with E-state index in [9.17, 15) is 21.4 Å². The molecule has 0 spiro atoms. The van der Waals surface area contributed by atoms with Gasteiger partial charge in [0.05, 0.1) is 15.5 Å². The number of fused-ring (bicyclic) bond motifs is 1. The van der Waals surface area contributed by atoms with E-state index in [0.29, 0.717) is 12.0 Å². The lowest BCUT2D eigenvalue weighted by atomic mass is 9.90. The van der Waals surface area contributed by atoms with Gasteiger partial charge in [0, 0.05) is 11.6 Å². The van der Waals surface area contributed by atoms with E-state index >= 15 is 0 Å². The van der Waals surface area contributed by atoms with Gasteiger partial charge in [-0.05, 0) is 37.5 Å². The summed E-state index contributed by atoms with van der Waals surface area (Å²) < 4.78 is 57.8. The Morgan fingerprint density at radius 3 is 2.54 bits per heavy atom. The third kappa shape index (κ3) is 3.82. The van der Waals surface area contributed by atoms with Crippen LogP contribution in [0.3, 0.4) is 0 Å². The molecule has 8 heteroatoms. The van der Waals surface area contributed by atoms with Crippen LogP contribution in [0.1, 0.15) is 58.1 Å². The Morgan fingerprint density at radius 1 is 1.33 bits per heavy atom. The lowest BCUT2D eigenvalue weighted by Gasteiger charge is -2.34. The van der Waals surface area contributed by atoms with E-state index in [0.717, 1.165) is 25.3 Å². The second-order valence-corrected chi connectivity index (χ2v) is 9.92. The van der Waals surface area contributed by atoms with Gasteiger partial charge >= 0.3 is 0 Å². The fraction of sp³-hybridized carbons (Fsp3) is 0.625. The second kappa shape index (κ2) is 6.74. The Kier molecular flexibility index (Phi) is 5.44. The molecule has 2 N–H and O–H groups in total. The van der Waals surface area contributed by atoms with E-state index in [2.05, 4.69) is 12.2 Å². The normalized spacial score (nSPS) is 26.6. The lowest BCUT2D eigenvalue weighted by molar-refractivity contribution is 0.287. The quantitative estimate of drug-likeness (QED) is 0.768. The van der Waals surface area contributed by atoms with Crippen LogP contribution in [0.2, 0.25) is 0 Å². The molecule has 0 saturated heterocycles. The molecule has 0 fully saturated rings. The Labute approximate surface area is 144 Å². The van der Waals surface area contributed by atoms with Crippen molar-refractivity contribution in [3.05, 3.63) is 23.8 Å². The average molecular weight is 376 g/mol. The summed E-state index contributed by atoms with van der Waals surface area (Å²) in [5.74, 6) is -0.0806. The van der Waals surface area contributed by atoms with Crippen molar-refractivity contribution in [3.63, 3.8) is 0 Å². The van der Waals surface area contributed by atoms with Crippen LogP contribution in [0.25, 0.3) is 0 Å². The largest absolute Gasteiger partial charge is 0.304 e. The summed E-state index contributed by atoms with van der Waals surface area (Å²) in [7, 11) is -8.13. The summed E-state index contributed by atoms with van der Waals surface area (Å²) in [6.45, 7) is 5.90. The van der Waals surface area contributed by atoms with E-state index in [1.807, 2.05) is 13.8 Å². The summed E-state index contributed by atoms with van der Waals surface area (Å²) in [6, 6.07) is 3.56. The van der Waals surface area contributed by atoms with Crippen LogP contribution in [0.15, 0.2) is 28.0 Å². The third-order valence-electron chi connectivity index (χ3n) is 4.76. The first-order valence-corrected chi connectivity index (χ1v) is 11.3. The predicted octanol–water partition coefficient (Wildman–Crippen LogP) is 2.71. The van der Waals surface area contributed by atoms with Crippen LogP contribution in [0.5, 0.6) is 0 Å². The molecule has 1 heterocycles. The fourth-order valence-corrected chi connectivity index (χ4v) is 6.17. The SMILES string of the molecule is CCCC[C@]1(CC)CS(=O)(=O)c2cc(S(=O)(=O)O)ccc2[C@@H](C)N1. The third-order valence-corrected chi connectivity index (χ3v) is 7.57. The number of unbranched alkanes of at least 4 members (excludes halogenated alkanes) is 1. The maximum atomic E-state index is 12.9. The molecule has 2 atom stereocenters. The molecular weight excluding hydrogens is 350 g/mol. The highest BCUT2D eigenvalue weighted by molar-refractivity contribution is 7.91. The van der Waals surface area contributed by atoms with Crippen molar-refractivity contribution >= 4 is 20.0 Å². The van der Waals surface area contributed by atoms with Crippen molar-refractivity contribution in [3.8, 4) is 0 Å². The predicted molar refractivity (Wildman–Crippen MR) is 92.4 cm³/mol. The molecule has 1 aliphatic rings. The molecule has 0 bridgehead atoms. The van der Waals surface area contributed by atoms with Crippen LogP contribution in [-0.2, 0) is 20.0 Å². The standard InChI is InChI=1S/C16H25NO5S2/c1-4-6-9-16(5-2)11-23(18,19)15-10-13(24(20,21)22)7-8-14(15)12(3)17-16/h7-8,10,12,17H,4-6,9,11H2,1-3H3,(H,20,21,22)/t12-,16-/m1/s1. The molecule has 0 radical (unpaired) electrons. The maximum Gasteiger partial charge on any atom is 0.294 e. The van der Waals surface area contributed by atoms with Crippen molar-refractivity contribution in [2.45, 2.75) is 67.8 Å². The second-order valence-electron chi connectivity index (χ2n) is 6.54. The topological polar surface area (TPSA) is 101 Å². The first kappa shape index (κ1) is 19.4. The fourth-order valence-electron chi connectivity index (χ4n) is 3.36.